The van der Waals surface area contributed by atoms with Crippen LogP contribution in [0.2, 0.25) is 0 Å². The van der Waals surface area contributed by atoms with Gasteiger partial charge in [0.2, 0.25) is 0 Å². The molecule has 0 aromatic heterocycles. The Morgan fingerprint density at radius 1 is 1.08 bits per heavy atom. The van der Waals surface area contributed by atoms with Gasteiger partial charge in [0.15, 0.2) is 12.0 Å². The summed E-state index contributed by atoms with van der Waals surface area (Å²) in [5.41, 5.74) is 0. The second-order valence-electron chi connectivity index (χ2n) is 4.71. The second kappa shape index (κ2) is 10.0. The first kappa shape index (κ1) is 20.1. The van der Waals surface area contributed by atoms with Crippen molar-refractivity contribution in [3.05, 3.63) is 11.8 Å². The number of carbonyl (C=O) groups is 3. The maximum atomic E-state index is 12.2. The third-order valence-electron chi connectivity index (χ3n) is 3.06. The lowest BCUT2D eigenvalue weighted by Crippen LogP contribution is -2.59. The van der Waals surface area contributed by atoms with Crippen LogP contribution in [0.4, 0.5) is 9.59 Å². The highest BCUT2D eigenvalue weighted by Crippen LogP contribution is 2.23. The molecule has 0 spiro atoms. The Morgan fingerprint density at radius 2 is 1.64 bits per heavy atom. The molecule has 2 N–H and O–H groups in total. The van der Waals surface area contributed by atoms with Crippen LogP contribution in [0.15, 0.2) is 11.8 Å². The van der Waals surface area contributed by atoms with Gasteiger partial charge in [0, 0.05) is 0 Å². The van der Waals surface area contributed by atoms with E-state index in [0.717, 1.165) is 0 Å². The summed E-state index contributed by atoms with van der Waals surface area (Å²) >= 11 is 0. The van der Waals surface area contributed by atoms with E-state index in [2.05, 4.69) is 10.6 Å². The van der Waals surface area contributed by atoms with Crippen LogP contribution in [0.25, 0.3) is 0 Å². The molecule has 0 saturated carbocycles. The van der Waals surface area contributed by atoms with Crippen molar-refractivity contribution in [3.8, 4) is 6.07 Å². The van der Waals surface area contributed by atoms with E-state index >= 15 is 0 Å². The molecule has 138 valence electrons. The van der Waals surface area contributed by atoms with Gasteiger partial charge in [0.1, 0.15) is 18.0 Å². The van der Waals surface area contributed by atoms with Crippen LogP contribution in [0.3, 0.4) is 0 Å². The summed E-state index contributed by atoms with van der Waals surface area (Å²) in [4.78, 5) is 35.7. The Bertz CT molecular complexity index is 570. The molecule has 0 saturated heterocycles. The van der Waals surface area contributed by atoms with Crippen LogP contribution >= 0.6 is 0 Å². The molecule has 0 unspecified atom stereocenters. The predicted octanol–water partition coefficient (Wildman–Crippen LogP) is 0.790. The van der Waals surface area contributed by atoms with Gasteiger partial charge in [-0.05, 0) is 26.8 Å². The molecule has 0 aromatic rings. The maximum Gasteiger partial charge on any atom is 0.410 e. The number of hydrogen-bond acceptors (Lipinski definition) is 8. The molecule has 0 fully saturated rings. The van der Waals surface area contributed by atoms with Gasteiger partial charge in [0.25, 0.3) is 0 Å². The van der Waals surface area contributed by atoms with Crippen molar-refractivity contribution in [1.29, 1.82) is 5.26 Å². The summed E-state index contributed by atoms with van der Waals surface area (Å²) < 4.78 is 19.8. The minimum atomic E-state index is -1.22. The average Bonchev–Trinajstić information content (AvgIpc) is 2.56. The van der Waals surface area contributed by atoms with E-state index in [0.29, 0.717) is 0 Å². The van der Waals surface area contributed by atoms with Crippen LogP contribution in [0.1, 0.15) is 20.8 Å². The number of hydrogen-bond donors (Lipinski definition) is 2. The van der Waals surface area contributed by atoms with Crippen molar-refractivity contribution in [2.75, 3.05) is 19.8 Å². The largest absolute Gasteiger partial charge is 0.465 e. The van der Waals surface area contributed by atoms with E-state index in [1.54, 1.807) is 26.8 Å². The van der Waals surface area contributed by atoms with Crippen LogP contribution in [0.5, 0.6) is 0 Å². The molecule has 0 aromatic carbocycles. The Hall–Kier alpha value is -2.96. The second-order valence-corrected chi connectivity index (χ2v) is 4.71. The first-order chi connectivity index (χ1) is 12.0. The van der Waals surface area contributed by atoms with Crippen molar-refractivity contribution in [2.45, 2.75) is 33.0 Å². The first-order valence-corrected chi connectivity index (χ1v) is 7.78. The van der Waals surface area contributed by atoms with Gasteiger partial charge < -0.3 is 24.3 Å². The molecule has 25 heavy (non-hydrogen) atoms. The van der Waals surface area contributed by atoms with E-state index in [4.69, 9.17) is 24.2 Å². The van der Waals surface area contributed by atoms with Crippen molar-refractivity contribution >= 4 is 18.2 Å². The fraction of sp³-hybridized carbons (Fsp3) is 0.600. The quantitative estimate of drug-likeness (QED) is 0.527. The summed E-state index contributed by atoms with van der Waals surface area (Å²) in [6, 6.07) is 0.704. The highest BCUT2D eigenvalue weighted by atomic mass is 16.6. The summed E-state index contributed by atoms with van der Waals surface area (Å²) in [5.74, 6) is -1.93. The Balaban J connectivity index is 3.10. The zero-order chi connectivity index (χ0) is 18.8. The van der Waals surface area contributed by atoms with Gasteiger partial charge in [-0.2, -0.15) is 5.26 Å². The summed E-state index contributed by atoms with van der Waals surface area (Å²) in [6.07, 6.45) is -1.64. The Labute approximate surface area is 145 Å². The number of carbonyl (C=O) groups excluding carboxylic acids is 3. The molecule has 1 aliphatic rings. The predicted molar refractivity (Wildman–Crippen MR) is 82.8 cm³/mol. The smallest absolute Gasteiger partial charge is 0.410 e. The number of ether oxygens (including phenoxy) is 4. The zero-order valence-electron chi connectivity index (χ0n) is 14.2. The van der Waals surface area contributed by atoms with Crippen molar-refractivity contribution in [1.82, 2.24) is 10.6 Å². The number of rotatable bonds is 6. The molecule has 0 bridgehead atoms. The van der Waals surface area contributed by atoms with E-state index in [-0.39, 0.29) is 25.6 Å². The van der Waals surface area contributed by atoms with Gasteiger partial charge in [-0.15, -0.1) is 0 Å². The molecular formula is C15H21N3O7. The standard InChI is InChI=1S/C15H21N3O7/c1-4-22-13(19)10-7-9(8-16)25-12(18-15(21)24-6-3)11(10)17-14(20)23-5-2/h7,10-12H,4-6H2,1-3H3,(H,17,20)(H,18,21)/t10-,11+,12-/m0/s1. The van der Waals surface area contributed by atoms with Gasteiger partial charge in [-0.1, -0.05) is 0 Å². The van der Waals surface area contributed by atoms with Crippen molar-refractivity contribution in [2.24, 2.45) is 5.92 Å². The fourth-order valence-electron chi connectivity index (χ4n) is 2.10. The monoisotopic (exact) mass is 355 g/mol. The number of nitriles is 1. The van der Waals surface area contributed by atoms with E-state index in [1.165, 1.54) is 6.08 Å². The molecular weight excluding hydrogens is 334 g/mol. The average molecular weight is 355 g/mol. The molecule has 0 aliphatic carbocycles. The van der Waals surface area contributed by atoms with Crippen LogP contribution in [-0.2, 0) is 23.7 Å². The number of alkyl carbamates (subject to hydrolysis) is 2. The number of amides is 2. The minimum Gasteiger partial charge on any atom is -0.465 e. The highest BCUT2D eigenvalue weighted by molar-refractivity contribution is 5.78. The lowest BCUT2D eigenvalue weighted by atomic mass is 9.95. The molecule has 10 nitrogen and oxygen atoms in total. The number of allylic oxidation sites excluding steroid dienone is 1. The molecule has 0 radical (unpaired) electrons. The topological polar surface area (TPSA) is 136 Å². The zero-order valence-corrected chi connectivity index (χ0v) is 14.2. The van der Waals surface area contributed by atoms with E-state index in [9.17, 15) is 14.4 Å². The van der Waals surface area contributed by atoms with Crippen molar-refractivity contribution < 1.29 is 33.3 Å². The number of nitrogens with zero attached hydrogens (tertiary/aromatic N) is 1. The van der Waals surface area contributed by atoms with Crippen LogP contribution < -0.4 is 10.6 Å². The summed E-state index contributed by atoms with van der Waals surface area (Å²) in [7, 11) is 0. The summed E-state index contributed by atoms with van der Waals surface area (Å²) in [6.45, 7) is 5.16. The molecule has 1 heterocycles. The van der Waals surface area contributed by atoms with Crippen LogP contribution in [-0.4, -0.2) is 50.2 Å². The van der Waals surface area contributed by atoms with Crippen molar-refractivity contribution in [3.63, 3.8) is 0 Å². The highest BCUT2D eigenvalue weighted by Gasteiger charge is 2.42. The number of nitrogens with one attached hydrogen (secondary N) is 2. The molecule has 1 rings (SSSR count). The molecule has 1 aliphatic heterocycles. The third-order valence-corrected chi connectivity index (χ3v) is 3.06. The normalized spacial score (nSPS) is 21.7. The fourth-order valence-corrected chi connectivity index (χ4v) is 2.10. The first-order valence-electron chi connectivity index (χ1n) is 7.78. The Morgan fingerprint density at radius 3 is 2.16 bits per heavy atom. The lowest BCUT2D eigenvalue weighted by molar-refractivity contribution is -0.149. The molecule has 10 heteroatoms. The summed E-state index contributed by atoms with van der Waals surface area (Å²) in [5, 5.41) is 13.9. The van der Waals surface area contributed by atoms with Crippen LogP contribution in [0, 0.1) is 17.2 Å². The third kappa shape index (κ3) is 5.87. The molecule has 3 atom stereocenters. The van der Waals surface area contributed by atoms with Gasteiger partial charge in [-0.3, -0.25) is 10.1 Å². The molecule has 2 amide bonds. The van der Waals surface area contributed by atoms with Gasteiger partial charge in [0.05, 0.1) is 19.8 Å². The maximum absolute atomic E-state index is 12.2. The lowest BCUT2D eigenvalue weighted by Gasteiger charge is -2.34. The minimum absolute atomic E-state index is 0.105. The van der Waals surface area contributed by atoms with Gasteiger partial charge in [-0.25, -0.2) is 9.59 Å². The number of esters is 1. The van der Waals surface area contributed by atoms with Gasteiger partial charge >= 0.3 is 18.2 Å². The SMILES string of the molecule is CCOC(=O)N[C@@H]1[C@@H](C(=O)OCC)C=C(C#N)O[C@@H]1NC(=O)OCC. The van der Waals surface area contributed by atoms with E-state index in [1.807, 2.05) is 0 Å². The van der Waals surface area contributed by atoms with E-state index < -0.39 is 36.3 Å². The Kier molecular flexibility index (Phi) is 8.05.